The summed E-state index contributed by atoms with van der Waals surface area (Å²) in [5, 5.41) is 0. The summed E-state index contributed by atoms with van der Waals surface area (Å²) >= 11 is 0. The molecule has 0 bridgehead atoms. The lowest BCUT2D eigenvalue weighted by molar-refractivity contribution is 0.436. The van der Waals surface area contributed by atoms with Gasteiger partial charge in [0.05, 0.1) is 0 Å². The van der Waals surface area contributed by atoms with Gasteiger partial charge in [-0.25, -0.2) is 0 Å². The molecule has 0 spiro atoms. The quantitative estimate of drug-likeness (QED) is 0.504. The predicted molar refractivity (Wildman–Crippen MR) is 52.7 cm³/mol. The van der Waals surface area contributed by atoms with E-state index in [1.165, 1.54) is 32.1 Å². The molecule has 0 aliphatic rings. The second-order valence-corrected chi connectivity index (χ2v) is 3.21. The van der Waals surface area contributed by atoms with Crippen molar-refractivity contribution in [3.05, 3.63) is 12.2 Å². The monoisotopic (exact) mass is 154 g/mol. The van der Waals surface area contributed by atoms with E-state index < -0.39 is 0 Å². The molecule has 0 heterocycles. The molecular formula is C11H22. The van der Waals surface area contributed by atoms with E-state index in [-0.39, 0.29) is 0 Å². The van der Waals surface area contributed by atoms with Gasteiger partial charge in [0, 0.05) is 0 Å². The Kier molecular flexibility index (Phi) is 7.66. The summed E-state index contributed by atoms with van der Waals surface area (Å²) in [5.41, 5.74) is 0. The number of allylic oxidation sites excluding steroid dienone is 2. The topological polar surface area (TPSA) is 0 Å². The molecule has 0 aromatic rings. The third kappa shape index (κ3) is 6.15. The molecule has 0 aromatic carbocycles. The lowest BCUT2D eigenvalue weighted by atomic mass is 9.95. The molecule has 66 valence electrons. The van der Waals surface area contributed by atoms with Gasteiger partial charge in [-0.3, -0.25) is 0 Å². The van der Waals surface area contributed by atoms with Crippen LogP contribution in [0, 0.1) is 5.92 Å². The van der Waals surface area contributed by atoms with E-state index in [0.717, 1.165) is 5.92 Å². The molecule has 0 aromatic heterocycles. The smallest absolute Gasteiger partial charge is 0.0348 e. The van der Waals surface area contributed by atoms with E-state index in [9.17, 15) is 0 Å². The fourth-order valence-corrected chi connectivity index (χ4v) is 1.46. The summed E-state index contributed by atoms with van der Waals surface area (Å²) in [6.45, 7) is 6.68. The second-order valence-electron chi connectivity index (χ2n) is 3.21. The van der Waals surface area contributed by atoms with Crippen LogP contribution in [0.2, 0.25) is 0 Å². The second kappa shape index (κ2) is 7.84. The minimum atomic E-state index is 0.969. The van der Waals surface area contributed by atoms with Gasteiger partial charge >= 0.3 is 0 Å². The van der Waals surface area contributed by atoms with Gasteiger partial charge in [-0.15, -0.1) is 0 Å². The molecule has 0 aliphatic heterocycles. The summed E-state index contributed by atoms with van der Waals surface area (Å²) in [4.78, 5) is 0. The van der Waals surface area contributed by atoms with Gasteiger partial charge in [0.15, 0.2) is 0 Å². The molecule has 0 fully saturated rings. The molecule has 0 amide bonds. The molecule has 0 nitrogen and oxygen atoms in total. The lowest BCUT2D eigenvalue weighted by Crippen LogP contribution is -1.96. The zero-order valence-electron chi connectivity index (χ0n) is 8.27. The molecular weight excluding hydrogens is 132 g/mol. The van der Waals surface area contributed by atoms with Crippen molar-refractivity contribution >= 4 is 0 Å². The Balaban J connectivity index is 3.35. The Labute approximate surface area is 71.7 Å². The Morgan fingerprint density at radius 2 is 1.91 bits per heavy atom. The van der Waals surface area contributed by atoms with E-state index in [4.69, 9.17) is 0 Å². The van der Waals surface area contributed by atoms with Crippen LogP contribution in [-0.2, 0) is 0 Å². The maximum absolute atomic E-state index is 2.30. The first-order valence-electron chi connectivity index (χ1n) is 4.96. The highest BCUT2D eigenvalue weighted by molar-refractivity contribution is 4.77. The Bertz CT molecular complexity index is 92.2. The highest BCUT2D eigenvalue weighted by Crippen LogP contribution is 2.16. The molecule has 0 N–H and O–H groups in total. The molecule has 0 heteroatoms. The van der Waals surface area contributed by atoms with Crippen molar-refractivity contribution in [1.29, 1.82) is 0 Å². The fraction of sp³-hybridized carbons (Fsp3) is 0.818. The van der Waals surface area contributed by atoms with Gasteiger partial charge in [-0.05, 0) is 25.7 Å². The fourth-order valence-electron chi connectivity index (χ4n) is 1.46. The Hall–Kier alpha value is -0.260. The average Bonchev–Trinajstić information content (AvgIpc) is 2.03. The minimum absolute atomic E-state index is 0.969. The van der Waals surface area contributed by atoms with Crippen LogP contribution in [0.15, 0.2) is 12.2 Å². The largest absolute Gasteiger partial charge is 0.0917 e. The standard InChI is InChI=1S/C11H22/c1-4-7-8-10-11(6-3)9-5-2/h4,7,11H,5-6,8-10H2,1-3H3/b7-4+. The molecule has 0 rings (SSSR count). The number of rotatable bonds is 6. The van der Waals surface area contributed by atoms with E-state index in [1.54, 1.807) is 0 Å². The zero-order chi connectivity index (χ0) is 8.53. The van der Waals surface area contributed by atoms with Crippen molar-refractivity contribution in [3.8, 4) is 0 Å². The van der Waals surface area contributed by atoms with Crippen molar-refractivity contribution in [2.75, 3.05) is 0 Å². The van der Waals surface area contributed by atoms with Gasteiger partial charge in [-0.2, -0.15) is 0 Å². The van der Waals surface area contributed by atoms with Crippen LogP contribution in [0.3, 0.4) is 0 Å². The minimum Gasteiger partial charge on any atom is -0.0917 e. The van der Waals surface area contributed by atoms with Crippen molar-refractivity contribution in [3.63, 3.8) is 0 Å². The van der Waals surface area contributed by atoms with Crippen molar-refractivity contribution in [2.45, 2.75) is 52.9 Å². The molecule has 0 saturated carbocycles. The van der Waals surface area contributed by atoms with Gasteiger partial charge < -0.3 is 0 Å². The van der Waals surface area contributed by atoms with Crippen molar-refractivity contribution in [2.24, 2.45) is 5.92 Å². The highest BCUT2D eigenvalue weighted by atomic mass is 14.1. The molecule has 0 radical (unpaired) electrons. The molecule has 1 atom stereocenters. The first-order chi connectivity index (χ1) is 5.35. The summed E-state index contributed by atoms with van der Waals surface area (Å²) in [6.07, 6.45) is 11.2. The Morgan fingerprint density at radius 3 is 2.36 bits per heavy atom. The molecule has 0 aliphatic carbocycles. The van der Waals surface area contributed by atoms with Crippen LogP contribution in [0.5, 0.6) is 0 Å². The number of hydrogen-bond donors (Lipinski definition) is 0. The van der Waals surface area contributed by atoms with Gasteiger partial charge in [0.25, 0.3) is 0 Å². The van der Waals surface area contributed by atoms with E-state index >= 15 is 0 Å². The van der Waals surface area contributed by atoms with Crippen LogP contribution in [0.25, 0.3) is 0 Å². The molecule has 1 unspecified atom stereocenters. The van der Waals surface area contributed by atoms with Crippen molar-refractivity contribution in [1.82, 2.24) is 0 Å². The van der Waals surface area contributed by atoms with Crippen LogP contribution < -0.4 is 0 Å². The van der Waals surface area contributed by atoms with Crippen LogP contribution >= 0.6 is 0 Å². The summed E-state index contributed by atoms with van der Waals surface area (Å²) in [7, 11) is 0. The van der Waals surface area contributed by atoms with Gasteiger partial charge in [0.1, 0.15) is 0 Å². The summed E-state index contributed by atoms with van der Waals surface area (Å²) in [6, 6.07) is 0. The average molecular weight is 154 g/mol. The predicted octanol–water partition coefficient (Wildman–Crippen LogP) is 4.17. The van der Waals surface area contributed by atoms with Crippen LogP contribution in [0.1, 0.15) is 52.9 Å². The third-order valence-corrected chi connectivity index (χ3v) is 2.25. The molecule has 0 saturated heterocycles. The first kappa shape index (κ1) is 10.7. The van der Waals surface area contributed by atoms with Gasteiger partial charge in [-0.1, -0.05) is 45.3 Å². The maximum atomic E-state index is 2.30. The van der Waals surface area contributed by atoms with E-state index in [0.29, 0.717) is 0 Å². The SMILES string of the molecule is C/C=C/CCC(CC)CCC. The van der Waals surface area contributed by atoms with Crippen LogP contribution in [-0.4, -0.2) is 0 Å². The van der Waals surface area contributed by atoms with Crippen molar-refractivity contribution < 1.29 is 0 Å². The van der Waals surface area contributed by atoms with E-state index in [2.05, 4.69) is 32.9 Å². The van der Waals surface area contributed by atoms with Crippen LogP contribution in [0.4, 0.5) is 0 Å². The zero-order valence-corrected chi connectivity index (χ0v) is 8.27. The number of hydrogen-bond acceptors (Lipinski definition) is 0. The summed E-state index contributed by atoms with van der Waals surface area (Å²) in [5.74, 6) is 0.969. The van der Waals surface area contributed by atoms with Gasteiger partial charge in [0.2, 0.25) is 0 Å². The summed E-state index contributed by atoms with van der Waals surface area (Å²) < 4.78 is 0. The molecule has 11 heavy (non-hydrogen) atoms. The lowest BCUT2D eigenvalue weighted by Gasteiger charge is -2.11. The Morgan fingerprint density at radius 1 is 1.18 bits per heavy atom. The van der Waals surface area contributed by atoms with E-state index in [1.807, 2.05) is 0 Å². The normalized spacial score (nSPS) is 14.1. The maximum Gasteiger partial charge on any atom is -0.0348 e. The first-order valence-corrected chi connectivity index (χ1v) is 4.96. The highest BCUT2D eigenvalue weighted by Gasteiger charge is 2.02. The third-order valence-electron chi connectivity index (χ3n) is 2.25.